The lowest BCUT2D eigenvalue weighted by Crippen LogP contribution is -2.28. The van der Waals surface area contributed by atoms with Crippen molar-refractivity contribution < 1.29 is 23.1 Å². The summed E-state index contributed by atoms with van der Waals surface area (Å²) in [5.41, 5.74) is 13.3. The molecule has 1 aromatic carbocycles. The molecular formula is C23H26F2N6O3. The molecule has 0 saturated carbocycles. The van der Waals surface area contributed by atoms with Crippen LogP contribution in [0, 0.1) is 0 Å². The molecular weight excluding hydrogens is 446 g/mol. The van der Waals surface area contributed by atoms with Gasteiger partial charge in [0.05, 0.1) is 24.4 Å². The lowest BCUT2D eigenvalue weighted by Gasteiger charge is -2.16. The van der Waals surface area contributed by atoms with Crippen LogP contribution >= 0.6 is 0 Å². The maximum atomic E-state index is 13.6. The number of para-hydroxylation sites is 1. The highest BCUT2D eigenvalue weighted by Crippen LogP contribution is 2.36. The Kier molecular flexibility index (Phi) is 6.38. The van der Waals surface area contributed by atoms with E-state index < -0.39 is 24.4 Å². The summed E-state index contributed by atoms with van der Waals surface area (Å²) in [7, 11) is 1.50. The number of hydrogen-bond acceptors (Lipinski definition) is 6. The molecule has 1 aliphatic heterocycles. The quantitative estimate of drug-likeness (QED) is 0.456. The number of nitrogen functional groups attached to an aromatic ring is 1. The molecule has 0 spiro atoms. The highest BCUT2D eigenvalue weighted by Gasteiger charge is 2.42. The molecule has 6 N–H and O–H groups in total. The summed E-state index contributed by atoms with van der Waals surface area (Å²) in [6.45, 7) is 0.273. The Bertz CT molecular complexity index is 1170. The Balaban J connectivity index is 1.46. The summed E-state index contributed by atoms with van der Waals surface area (Å²) in [4.78, 5) is 24.6. The molecule has 2 atom stereocenters. The topological polar surface area (TPSA) is 137 Å². The minimum absolute atomic E-state index is 0.0146. The van der Waals surface area contributed by atoms with Crippen molar-refractivity contribution in [2.45, 2.75) is 30.8 Å². The van der Waals surface area contributed by atoms with E-state index in [9.17, 15) is 18.4 Å². The van der Waals surface area contributed by atoms with E-state index in [1.165, 1.54) is 11.8 Å². The zero-order chi connectivity index (χ0) is 24.5. The average molecular weight is 472 g/mol. The SMILES string of the molecule is COc1ccccc1C(=O)NCC1=CCC(c2nn(C3CNC(F)(F)C3)c(N)c2C(N)=O)C=C1. The Morgan fingerprint density at radius 1 is 1.35 bits per heavy atom. The molecule has 2 aliphatic rings. The van der Waals surface area contributed by atoms with Crippen molar-refractivity contribution in [2.75, 3.05) is 25.9 Å². The molecule has 1 saturated heterocycles. The van der Waals surface area contributed by atoms with Gasteiger partial charge in [-0.3, -0.25) is 14.9 Å². The van der Waals surface area contributed by atoms with Crippen LogP contribution in [0.5, 0.6) is 5.75 Å². The van der Waals surface area contributed by atoms with Crippen molar-refractivity contribution >= 4 is 17.6 Å². The molecule has 2 aromatic rings. The summed E-state index contributed by atoms with van der Waals surface area (Å²) in [5, 5.41) is 9.39. The number of amides is 2. The van der Waals surface area contributed by atoms with Gasteiger partial charge in [-0.05, 0) is 24.1 Å². The second kappa shape index (κ2) is 9.26. The van der Waals surface area contributed by atoms with E-state index in [0.717, 1.165) is 5.57 Å². The molecule has 1 aromatic heterocycles. The average Bonchev–Trinajstić information content (AvgIpc) is 3.36. The van der Waals surface area contributed by atoms with Crippen molar-refractivity contribution in [1.29, 1.82) is 0 Å². The van der Waals surface area contributed by atoms with Crippen LogP contribution in [0.2, 0.25) is 0 Å². The molecule has 2 heterocycles. The van der Waals surface area contributed by atoms with Crippen LogP contribution < -0.4 is 26.8 Å². The van der Waals surface area contributed by atoms with Crippen LogP contribution in [-0.2, 0) is 0 Å². The van der Waals surface area contributed by atoms with E-state index in [0.29, 0.717) is 30.0 Å². The minimum atomic E-state index is -3.02. The molecule has 0 bridgehead atoms. The summed E-state index contributed by atoms with van der Waals surface area (Å²) in [5.74, 6) is -0.869. The van der Waals surface area contributed by atoms with Gasteiger partial charge in [0.15, 0.2) is 0 Å². The third-order valence-corrected chi connectivity index (χ3v) is 5.99. The van der Waals surface area contributed by atoms with Crippen LogP contribution in [0.1, 0.15) is 51.2 Å². The van der Waals surface area contributed by atoms with E-state index in [2.05, 4.69) is 15.7 Å². The van der Waals surface area contributed by atoms with Crippen molar-refractivity contribution in [3.8, 4) is 5.75 Å². The molecule has 4 rings (SSSR count). The van der Waals surface area contributed by atoms with Crippen LogP contribution in [0.25, 0.3) is 0 Å². The Morgan fingerprint density at radius 3 is 2.74 bits per heavy atom. The van der Waals surface area contributed by atoms with Gasteiger partial charge in [-0.25, -0.2) is 4.68 Å². The van der Waals surface area contributed by atoms with Crippen LogP contribution in [0.15, 0.2) is 48.1 Å². The third kappa shape index (κ3) is 4.65. The van der Waals surface area contributed by atoms with Gasteiger partial charge in [0.2, 0.25) is 0 Å². The van der Waals surface area contributed by atoms with Crippen molar-refractivity contribution in [2.24, 2.45) is 5.73 Å². The number of benzene rings is 1. The largest absolute Gasteiger partial charge is 0.496 e. The maximum Gasteiger partial charge on any atom is 0.304 e. The molecule has 34 heavy (non-hydrogen) atoms. The maximum absolute atomic E-state index is 13.6. The molecule has 2 amide bonds. The molecule has 0 radical (unpaired) electrons. The molecule has 9 nitrogen and oxygen atoms in total. The standard InChI is InChI=1S/C23H26F2N6O3/c1-34-17-5-3-2-4-16(17)22(33)28-11-13-6-8-14(9-7-13)19-18(21(27)32)20(26)31(30-19)15-10-23(24,25)29-12-15/h2-8,14-15,29H,9-12,26H2,1H3,(H2,27,32)(H,28,33). The van der Waals surface area contributed by atoms with Gasteiger partial charge in [-0.15, -0.1) is 0 Å². The van der Waals surface area contributed by atoms with E-state index >= 15 is 0 Å². The number of hydrogen-bond donors (Lipinski definition) is 4. The highest BCUT2D eigenvalue weighted by molar-refractivity contribution is 5.99. The number of allylic oxidation sites excluding steroid dienone is 2. The summed E-state index contributed by atoms with van der Waals surface area (Å²) >= 11 is 0. The smallest absolute Gasteiger partial charge is 0.304 e. The fourth-order valence-electron chi connectivity index (χ4n) is 4.24. The number of primary amides is 1. The first-order valence-electron chi connectivity index (χ1n) is 10.8. The van der Waals surface area contributed by atoms with Gasteiger partial charge in [-0.2, -0.15) is 13.9 Å². The molecule has 2 unspecified atom stereocenters. The van der Waals surface area contributed by atoms with E-state index in [1.807, 2.05) is 18.2 Å². The van der Waals surface area contributed by atoms with E-state index in [-0.39, 0.29) is 29.8 Å². The Hall–Kier alpha value is -3.73. The molecule has 180 valence electrons. The van der Waals surface area contributed by atoms with E-state index in [4.69, 9.17) is 16.2 Å². The number of ether oxygens (including phenoxy) is 1. The lowest BCUT2D eigenvalue weighted by atomic mass is 9.91. The number of aromatic nitrogens is 2. The predicted molar refractivity (Wildman–Crippen MR) is 122 cm³/mol. The zero-order valence-electron chi connectivity index (χ0n) is 18.6. The third-order valence-electron chi connectivity index (χ3n) is 5.99. The fourth-order valence-corrected chi connectivity index (χ4v) is 4.24. The zero-order valence-corrected chi connectivity index (χ0v) is 18.6. The second-order valence-corrected chi connectivity index (χ2v) is 8.26. The number of halogens is 2. The number of nitrogens with zero attached hydrogens (tertiary/aromatic N) is 2. The van der Waals surface area contributed by atoms with Gasteiger partial charge in [0.25, 0.3) is 11.8 Å². The predicted octanol–water partition coefficient (Wildman–Crippen LogP) is 2.10. The summed E-state index contributed by atoms with van der Waals surface area (Å²) < 4.78 is 33.7. The Labute approximate surface area is 194 Å². The number of carbonyl (C=O) groups excluding carboxylic acids is 2. The van der Waals surface area contributed by atoms with Crippen molar-refractivity contribution in [3.05, 3.63) is 64.9 Å². The summed E-state index contributed by atoms with van der Waals surface area (Å²) in [6, 6.07) is 3.22. The number of nitrogens with one attached hydrogen (secondary N) is 2. The highest BCUT2D eigenvalue weighted by atomic mass is 19.3. The number of nitrogens with two attached hydrogens (primary N) is 2. The molecule has 1 aliphatic carbocycles. The summed E-state index contributed by atoms with van der Waals surface area (Å²) in [6.07, 6.45) is 5.57. The van der Waals surface area contributed by atoms with Crippen LogP contribution in [0.4, 0.5) is 14.6 Å². The van der Waals surface area contributed by atoms with E-state index in [1.54, 1.807) is 24.3 Å². The lowest BCUT2D eigenvalue weighted by molar-refractivity contribution is -0.0177. The normalized spacial score (nSPS) is 21.2. The number of anilines is 1. The first-order chi connectivity index (χ1) is 16.2. The fraction of sp³-hybridized carbons (Fsp3) is 0.348. The van der Waals surface area contributed by atoms with Crippen LogP contribution in [0.3, 0.4) is 0 Å². The molecule has 11 heteroatoms. The first kappa shape index (κ1) is 23.4. The number of carbonyl (C=O) groups is 2. The monoisotopic (exact) mass is 472 g/mol. The number of methoxy groups -OCH3 is 1. The van der Waals surface area contributed by atoms with Crippen LogP contribution in [-0.4, -0.2) is 47.8 Å². The van der Waals surface area contributed by atoms with Gasteiger partial charge in [0, 0.05) is 25.4 Å². The molecule has 1 fully saturated rings. The van der Waals surface area contributed by atoms with Crippen molar-refractivity contribution in [1.82, 2.24) is 20.4 Å². The van der Waals surface area contributed by atoms with Gasteiger partial charge in [-0.1, -0.05) is 30.4 Å². The number of rotatable bonds is 7. The van der Waals surface area contributed by atoms with Crippen molar-refractivity contribution in [3.63, 3.8) is 0 Å². The first-order valence-corrected chi connectivity index (χ1v) is 10.8. The second-order valence-electron chi connectivity index (χ2n) is 8.26. The van der Waals surface area contributed by atoms with Gasteiger partial charge < -0.3 is 21.5 Å². The van der Waals surface area contributed by atoms with Gasteiger partial charge in [0.1, 0.15) is 17.1 Å². The minimum Gasteiger partial charge on any atom is -0.496 e. The number of alkyl halides is 2. The van der Waals surface area contributed by atoms with Gasteiger partial charge >= 0.3 is 6.05 Å². The Morgan fingerprint density at radius 2 is 2.12 bits per heavy atom.